The van der Waals surface area contributed by atoms with Crippen molar-refractivity contribution in [3.8, 4) is 0 Å². The molecular formula is C24H27FN2O. The summed E-state index contributed by atoms with van der Waals surface area (Å²) < 4.78 is 13.1. The SMILES string of the molecule is O=C1N(CC2CC2)[C@@H](c2ccccc2)C12CCN(Cc1ccc(F)cc1)CC2. The van der Waals surface area contributed by atoms with Gasteiger partial charge in [-0.05, 0) is 68.0 Å². The normalized spacial score (nSPS) is 24.4. The van der Waals surface area contributed by atoms with E-state index in [1.165, 1.54) is 30.5 Å². The summed E-state index contributed by atoms with van der Waals surface area (Å²) in [5.74, 6) is 0.892. The number of amides is 1. The highest BCUT2D eigenvalue weighted by Crippen LogP contribution is 2.57. The van der Waals surface area contributed by atoms with Crippen LogP contribution >= 0.6 is 0 Å². The van der Waals surface area contributed by atoms with Crippen molar-refractivity contribution >= 4 is 5.91 Å². The fourth-order valence-electron chi connectivity index (χ4n) is 5.10. The monoisotopic (exact) mass is 378 g/mol. The van der Waals surface area contributed by atoms with Crippen LogP contribution in [0.4, 0.5) is 4.39 Å². The molecule has 1 aliphatic carbocycles. The van der Waals surface area contributed by atoms with Crippen LogP contribution in [0.2, 0.25) is 0 Å². The van der Waals surface area contributed by atoms with E-state index < -0.39 is 0 Å². The molecular weight excluding hydrogens is 351 g/mol. The molecule has 0 N–H and O–H groups in total. The number of halogens is 1. The largest absolute Gasteiger partial charge is 0.334 e. The third-order valence-corrected chi connectivity index (χ3v) is 6.86. The number of rotatable bonds is 5. The molecule has 1 spiro atoms. The average molecular weight is 378 g/mol. The molecule has 1 amide bonds. The van der Waals surface area contributed by atoms with Gasteiger partial charge < -0.3 is 4.90 Å². The quantitative estimate of drug-likeness (QED) is 0.720. The topological polar surface area (TPSA) is 23.6 Å². The van der Waals surface area contributed by atoms with Crippen molar-refractivity contribution in [1.29, 1.82) is 0 Å². The summed E-state index contributed by atoms with van der Waals surface area (Å²) in [6.07, 6.45) is 4.36. The molecule has 2 aromatic carbocycles. The minimum absolute atomic E-state index is 0.192. The Kier molecular flexibility index (Phi) is 4.47. The maximum atomic E-state index is 13.3. The van der Waals surface area contributed by atoms with Gasteiger partial charge in [0.25, 0.3) is 0 Å². The third kappa shape index (κ3) is 3.14. The molecule has 2 aromatic rings. The van der Waals surface area contributed by atoms with E-state index >= 15 is 0 Å². The molecule has 3 fully saturated rings. The van der Waals surface area contributed by atoms with Gasteiger partial charge >= 0.3 is 0 Å². The second-order valence-electron chi connectivity index (χ2n) is 8.77. The molecule has 4 heteroatoms. The molecule has 2 saturated heterocycles. The first-order valence-electron chi connectivity index (χ1n) is 10.5. The average Bonchev–Trinajstić information content (AvgIpc) is 3.55. The first-order valence-corrected chi connectivity index (χ1v) is 10.5. The maximum absolute atomic E-state index is 13.3. The van der Waals surface area contributed by atoms with Crippen molar-refractivity contribution in [3.63, 3.8) is 0 Å². The van der Waals surface area contributed by atoms with Crippen LogP contribution in [0, 0.1) is 17.2 Å². The lowest BCUT2D eigenvalue weighted by atomic mass is 9.62. The van der Waals surface area contributed by atoms with Crippen LogP contribution in [0.5, 0.6) is 0 Å². The van der Waals surface area contributed by atoms with Crippen molar-refractivity contribution in [1.82, 2.24) is 9.80 Å². The van der Waals surface area contributed by atoms with E-state index in [0.717, 1.165) is 44.6 Å². The lowest BCUT2D eigenvalue weighted by Crippen LogP contribution is -2.66. The van der Waals surface area contributed by atoms with Crippen molar-refractivity contribution in [3.05, 3.63) is 71.5 Å². The van der Waals surface area contributed by atoms with Gasteiger partial charge in [-0.1, -0.05) is 42.5 Å². The van der Waals surface area contributed by atoms with Crippen LogP contribution in [-0.2, 0) is 11.3 Å². The highest BCUT2D eigenvalue weighted by molar-refractivity contribution is 5.91. The fraction of sp³-hybridized carbons (Fsp3) is 0.458. The number of likely N-dealkylation sites (tertiary alicyclic amines) is 2. The summed E-state index contributed by atoms with van der Waals surface area (Å²) >= 11 is 0. The van der Waals surface area contributed by atoms with Crippen molar-refractivity contribution < 1.29 is 9.18 Å². The van der Waals surface area contributed by atoms with Gasteiger partial charge in [-0.3, -0.25) is 9.69 Å². The summed E-state index contributed by atoms with van der Waals surface area (Å²) in [6.45, 7) is 3.60. The predicted octanol–water partition coefficient (Wildman–Crippen LogP) is 4.40. The Hall–Kier alpha value is -2.20. The smallest absolute Gasteiger partial charge is 0.231 e. The van der Waals surface area contributed by atoms with Crippen LogP contribution in [-0.4, -0.2) is 35.3 Å². The van der Waals surface area contributed by atoms with Gasteiger partial charge in [-0.2, -0.15) is 0 Å². The zero-order valence-electron chi connectivity index (χ0n) is 16.2. The second kappa shape index (κ2) is 7.00. The van der Waals surface area contributed by atoms with Crippen molar-refractivity contribution in [2.45, 2.75) is 38.3 Å². The van der Waals surface area contributed by atoms with Crippen LogP contribution in [0.15, 0.2) is 54.6 Å². The molecule has 2 aliphatic heterocycles. The highest BCUT2D eigenvalue weighted by Gasteiger charge is 2.61. The summed E-state index contributed by atoms with van der Waals surface area (Å²) in [7, 11) is 0. The number of hydrogen-bond donors (Lipinski definition) is 0. The fourth-order valence-corrected chi connectivity index (χ4v) is 5.10. The molecule has 0 radical (unpaired) electrons. The van der Waals surface area contributed by atoms with E-state index in [9.17, 15) is 9.18 Å². The standard InChI is InChI=1S/C24H27FN2O/c25-21-10-8-18(9-11-21)16-26-14-12-24(13-15-26)22(20-4-2-1-3-5-20)27(23(24)28)17-19-6-7-19/h1-5,8-11,19,22H,6-7,12-17H2/t22-/m0/s1. The van der Waals surface area contributed by atoms with E-state index in [2.05, 4.69) is 34.1 Å². The molecule has 1 saturated carbocycles. The predicted molar refractivity (Wildman–Crippen MR) is 107 cm³/mol. The number of carbonyl (C=O) groups is 1. The first kappa shape index (κ1) is 17.9. The Morgan fingerprint density at radius 2 is 1.64 bits per heavy atom. The number of hydrogen-bond acceptors (Lipinski definition) is 2. The molecule has 0 aromatic heterocycles. The van der Waals surface area contributed by atoms with E-state index in [1.54, 1.807) is 0 Å². The van der Waals surface area contributed by atoms with Gasteiger partial charge in [0.15, 0.2) is 0 Å². The van der Waals surface area contributed by atoms with Crippen LogP contribution in [0.25, 0.3) is 0 Å². The van der Waals surface area contributed by atoms with Gasteiger partial charge in [0, 0.05) is 13.1 Å². The van der Waals surface area contributed by atoms with E-state index in [-0.39, 0.29) is 17.3 Å². The molecule has 146 valence electrons. The molecule has 28 heavy (non-hydrogen) atoms. The minimum atomic E-state index is -0.227. The summed E-state index contributed by atoms with van der Waals surface area (Å²) in [5.41, 5.74) is 2.19. The Bertz CT molecular complexity index is 839. The second-order valence-corrected chi connectivity index (χ2v) is 8.77. The lowest BCUT2D eigenvalue weighted by molar-refractivity contribution is -0.181. The first-order chi connectivity index (χ1) is 13.7. The van der Waals surface area contributed by atoms with E-state index in [4.69, 9.17) is 0 Å². The number of β-lactam (4-membered cyclic amide) rings is 1. The summed E-state index contributed by atoms with van der Waals surface area (Å²) in [4.78, 5) is 17.8. The Balaban J connectivity index is 1.31. The Morgan fingerprint density at radius 1 is 0.964 bits per heavy atom. The molecule has 3 aliphatic rings. The summed E-state index contributed by atoms with van der Waals surface area (Å²) in [6, 6.07) is 17.6. The van der Waals surface area contributed by atoms with E-state index in [1.807, 2.05) is 18.2 Å². The zero-order valence-corrected chi connectivity index (χ0v) is 16.2. The molecule has 3 nitrogen and oxygen atoms in total. The maximum Gasteiger partial charge on any atom is 0.231 e. The van der Waals surface area contributed by atoms with E-state index in [0.29, 0.717) is 11.8 Å². The van der Waals surface area contributed by atoms with Crippen molar-refractivity contribution in [2.75, 3.05) is 19.6 Å². The number of carbonyl (C=O) groups excluding carboxylic acids is 1. The van der Waals surface area contributed by atoms with Crippen LogP contribution in [0.3, 0.4) is 0 Å². The zero-order chi connectivity index (χ0) is 19.1. The molecule has 0 bridgehead atoms. The summed E-state index contributed by atoms with van der Waals surface area (Å²) in [5, 5.41) is 0. The van der Waals surface area contributed by atoms with Gasteiger partial charge in [-0.15, -0.1) is 0 Å². The van der Waals surface area contributed by atoms with Gasteiger partial charge in [0.1, 0.15) is 5.82 Å². The minimum Gasteiger partial charge on any atom is -0.334 e. The Labute approximate surface area is 166 Å². The van der Waals surface area contributed by atoms with Gasteiger partial charge in [0.05, 0.1) is 11.5 Å². The third-order valence-electron chi connectivity index (χ3n) is 6.86. The van der Waals surface area contributed by atoms with Crippen LogP contribution < -0.4 is 0 Å². The number of nitrogens with zero attached hydrogens (tertiary/aromatic N) is 2. The van der Waals surface area contributed by atoms with Gasteiger partial charge in [0.2, 0.25) is 5.91 Å². The lowest BCUT2D eigenvalue weighted by Gasteiger charge is -2.59. The molecule has 2 heterocycles. The Morgan fingerprint density at radius 3 is 2.29 bits per heavy atom. The van der Waals surface area contributed by atoms with Crippen molar-refractivity contribution in [2.24, 2.45) is 11.3 Å². The highest BCUT2D eigenvalue weighted by atomic mass is 19.1. The van der Waals surface area contributed by atoms with Crippen LogP contribution in [0.1, 0.15) is 42.9 Å². The number of benzene rings is 2. The molecule has 5 rings (SSSR count). The molecule has 1 atom stereocenters. The van der Waals surface area contributed by atoms with Gasteiger partial charge in [-0.25, -0.2) is 4.39 Å². The number of piperidine rings is 1. The molecule has 0 unspecified atom stereocenters.